The van der Waals surface area contributed by atoms with Gasteiger partial charge in [0.25, 0.3) is 5.56 Å². The molecule has 8 heteroatoms. The van der Waals surface area contributed by atoms with Gasteiger partial charge in [-0.25, -0.2) is 14.6 Å². The largest absolute Gasteiger partial charge is 0.486 e. The van der Waals surface area contributed by atoms with Crippen LogP contribution in [0.1, 0.15) is 16.3 Å². The van der Waals surface area contributed by atoms with Gasteiger partial charge in [0.1, 0.15) is 23.7 Å². The van der Waals surface area contributed by atoms with Crippen molar-refractivity contribution < 1.29 is 9.53 Å². The molecule has 1 N–H and O–H groups in total. The monoisotopic (exact) mass is 406 g/mol. The standard InChI is InChI=1S/C21H18N4O3S/c1-14-6-8-16(9-7-14)28-11-20-23-15(12-29-20)10-19(26)24-25-13-22-18-5-3-2-4-17(18)21(25)27/h2-9,12-13H,10-11H2,1H3,(H,24,26). The average Bonchev–Trinajstić information content (AvgIpc) is 3.17. The maximum atomic E-state index is 12.4. The second kappa shape index (κ2) is 8.24. The number of nitrogens with zero attached hydrogens (tertiary/aromatic N) is 3. The van der Waals surface area contributed by atoms with E-state index in [4.69, 9.17) is 4.74 Å². The smallest absolute Gasteiger partial charge is 0.280 e. The normalized spacial score (nSPS) is 10.8. The number of para-hydroxylation sites is 1. The number of ether oxygens (including phenoxy) is 1. The van der Waals surface area contributed by atoms with E-state index in [1.807, 2.05) is 36.6 Å². The molecule has 2 heterocycles. The summed E-state index contributed by atoms with van der Waals surface area (Å²) in [6.45, 7) is 2.35. The molecule has 2 aromatic heterocycles. The molecule has 0 spiro atoms. The van der Waals surface area contributed by atoms with Gasteiger partial charge in [-0.3, -0.25) is 15.0 Å². The van der Waals surface area contributed by atoms with E-state index in [2.05, 4.69) is 15.4 Å². The van der Waals surface area contributed by atoms with Crippen LogP contribution in [0.5, 0.6) is 5.75 Å². The van der Waals surface area contributed by atoms with Gasteiger partial charge < -0.3 is 4.74 Å². The first-order chi connectivity index (χ1) is 14.1. The van der Waals surface area contributed by atoms with Crippen LogP contribution in [0.2, 0.25) is 0 Å². The zero-order valence-corrected chi connectivity index (χ0v) is 16.5. The fourth-order valence-electron chi connectivity index (χ4n) is 2.76. The van der Waals surface area contributed by atoms with E-state index in [0.29, 0.717) is 23.2 Å². The number of aryl methyl sites for hydroxylation is 1. The van der Waals surface area contributed by atoms with E-state index < -0.39 is 0 Å². The Bertz CT molecular complexity index is 1210. The lowest BCUT2D eigenvalue weighted by atomic mass is 10.2. The Labute approximate surface area is 170 Å². The molecule has 0 bridgehead atoms. The molecule has 1 amide bonds. The quantitative estimate of drug-likeness (QED) is 0.532. The van der Waals surface area contributed by atoms with E-state index in [1.54, 1.807) is 24.3 Å². The molecule has 146 valence electrons. The predicted octanol–water partition coefficient (Wildman–Crippen LogP) is 3.05. The SMILES string of the molecule is Cc1ccc(OCc2nc(CC(=O)Nn3cnc4ccccc4c3=O)cs2)cc1. The molecule has 7 nitrogen and oxygen atoms in total. The lowest BCUT2D eigenvalue weighted by Gasteiger charge is -2.07. The summed E-state index contributed by atoms with van der Waals surface area (Å²) >= 11 is 1.43. The van der Waals surface area contributed by atoms with Gasteiger partial charge in [0.05, 0.1) is 23.0 Å². The van der Waals surface area contributed by atoms with E-state index in [9.17, 15) is 9.59 Å². The van der Waals surface area contributed by atoms with Gasteiger partial charge in [-0.2, -0.15) is 0 Å². The zero-order chi connectivity index (χ0) is 20.2. The van der Waals surface area contributed by atoms with Crippen molar-refractivity contribution in [1.29, 1.82) is 0 Å². The lowest BCUT2D eigenvalue weighted by molar-refractivity contribution is -0.116. The first-order valence-electron chi connectivity index (χ1n) is 8.97. The van der Waals surface area contributed by atoms with Gasteiger partial charge in [-0.1, -0.05) is 29.8 Å². The molecule has 4 rings (SSSR count). The van der Waals surface area contributed by atoms with Gasteiger partial charge in [0.2, 0.25) is 5.91 Å². The minimum atomic E-state index is -0.347. The second-order valence-corrected chi connectivity index (χ2v) is 7.43. The van der Waals surface area contributed by atoms with Gasteiger partial charge >= 0.3 is 0 Å². The number of hydrogen-bond donors (Lipinski definition) is 1. The Morgan fingerprint density at radius 3 is 2.79 bits per heavy atom. The molecular formula is C21H18N4O3S. The van der Waals surface area contributed by atoms with E-state index in [0.717, 1.165) is 15.4 Å². The molecule has 0 saturated heterocycles. The topological polar surface area (TPSA) is 86.1 Å². The molecule has 0 radical (unpaired) electrons. The van der Waals surface area contributed by atoms with E-state index in [-0.39, 0.29) is 17.9 Å². The fourth-order valence-corrected chi connectivity index (χ4v) is 3.47. The molecule has 0 unspecified atom stereocenters. The van der Waals surface area contributed by atoms with Crippen molar-refractivity contribution in [1.82, 2.24) is 14.6 Å². The van der Waals surface area contributed by atoms with Gasteiger partial charge in [0.15, 0.2) is 0 Å². The Hall–Kier alpha value is -3.52. The van der Waals surface area contributed by atoms with E-state index >= 15 is 0 Å². The summed E-state index contributed by atoms with van der Waals surface area (Å²) in [7, 11) is 0. The van der Waals surface area contributed by atoms with Gasteiger partial charge in [-0.05, 0) is 31.2 Å². The van der Waals surface area contributed by atoms with Gasteiger partial charge in [-0.15, -0.1) is 11.3 Å². The molecule has 4 aromatic rings. The molecule has 0 aliphatic rings. The number of benzene rings is 2. The van der Waals surface area contributed by atoms with Crippen LogP contribution in [-0.4, -0.2) is 20.6 Å². The van der Waals surface area contributed by atoms with Crippen LogP contribution in [0.25, 0.3) is 10.9 Å². The molecule has 0 fully saturated rings. The van der Waals surface area contributed by atoms with Crippen LogP contribution in [-0.2, 0) is 17.8 Å². The predicted molar refractivity (Wildman–Crippen MR) is 112 cm³/mol. The first-order valence-corrected chi connectivity index (χ1v) is 9.85. The highest BCUT2D eigenvalue weighted by Gasteiger charge is 2.11. The van der Waals surface area contributed by atoms with Crippen LogP contribution >= 0.6 is 11.3 Å². The third-order valence-electron chi connectivity index (χ3n) is 4.23. The van der Waals surface area contributed by atoms with Crippen LogP contribution in [0.4, 0.5) is 0 Å². The third kappa shape index (κ3) is 4.49. The summed E-state index contributed by atoms with van der Waals surface area (Å²) in [5, 5.41) is 3.03. The highest BCUT2D eigenvalue weighted by Crippen LogP contribution is 2.16. The van der Waals surface area contributed by atoms with Crippen molar-refractivity contribution in [2.45, 2.75) is 20.0 Å². The van der Waals surface area contributed by atoms with Crippen molar-refractivity contribution in [3.63, 3.8) is 0 Å². The number of aromatic nitrogens is 3. The summed E-state index contributed by atoms with van der Waals surface area (Å²) in [4.78, 5) is 33.4. The second-order valence-electron chi connectivity index (χ2n) is 6.48. The summed E-state index contributed by atoms with van der Waals surface area (Å²) < 4.78 is 6.81. The van der Waals surface area contributed by atoms with Gasteiger partial charge in [0, 0.05) is 5.38 Å². The zero-order valence-electron chi connectivity index (χ0n) is 15.7. The van der Waals surface area contributed by atoms with Crippen LogP contribution in [0, 0.1) is 6.92 Å². The minimum absolute atomic E-state index is 0.0559. The van der Waals surface area contributed by atoms with Crippen molar-refractivity contribution in [3.05, 3.63) is 86.9 Å². The highest BCUT2D eigenvalue weighted by atomic mass is 32.1. The molecular weight excluding hydrogens is 388 g/mol. The summed E-state index contributed by atoms with van der Waals surface area (Å²) in [5.74, 6) is 0.425. The molecule has 0 aliphatic carbocycles. The summed E-state index contributed by atoms with van der Waals surface area (Å²) in [5.41, 5.74) is 4.61. The minimum Gasteiger partial charge on any atom is -0.486 e. The lowest BCUT2D eigenvalue weighted by Crippen LogP contribution is -2.34. The van der Waals surface area contributed by atoms with Crippen LogP contribution < -0.4 is 15.7 Å². The molecule has 0 atom stereocenters. The van der Waals surface area contributed by atoms with Crippen molar-refractivity contribution >= 4 is 28.1 Å². The maximum Gasteiger partial charge on any atom is 0.280 e. The molecule has 2 aromatic carbocycles. The Balaban J connectivity index is 1.37. The number of carbonyl (C=O) groups excluding carboxylic acids is 1. The average molecular weight is 406 g/mol. The molecule has 0 aliphatic heterocycles. The van der Waals surface area contributed by atoms with Crippen molar-refractivity contribution in [2.24, 2.45) is 0 Å². The first kappa shape index (κ1) is 18.8. The number of carbonyl (C=O) groups is 1. The number of fused-ring (bicyclic) bond motifs is 1. The van der Waals surface area contributed by atoms with Crippen molar-refractivity contribution in [3.8, 4) is 5.75 Å². The fraction of sp³-hybridized carbons (Fsp3) is 0.143. The third-order valence-corrected chi connectivity index (χ3v) is 5.11. The summed E-state index contributed by atoms with van der Waals surface area (Å²) in [6.07, 6.45) is 1.37. The maximum absolute atomic E-state index is 12.4. The molecule has 0 saturated carbocycles. The number of nitrogens with one attached hydrogen (secondary N) is 1. The summed E-state index contributed by atoms with van der Waals surface area (Å²) in [6, 6.07) is 14.8. The van der Waals surface area contributed by atoms with Crippen molar-refractivity contribution in [2.75, 3.05) is 5.43 Å². The number of thiazole rings is 1. The highest BCUT2D eigenvalue weighted by molar-refractivity contribution is 7.09. The Morgan fingerprint density at radius 2 is 1.97 bits per heavy atom. The van der Waals surface area contributed by atoms with E-state index in [1.165, 1.54) is 23.2 Å². The Morgan fingerprint density at radius 1 is 1.17 bits per heavy atom. The van der Waals surface area contributed by atoms with Crippen LogP contribution in [0.3, 0.4) is 0 Å². The number of rotatable bonds is 6. The van der Waals surface area contributed by atoms with Crippen LogP contribution in [0.15, 0.2) is 65.0 Å². The molecule has 29 heavy (non-hydrogen) atoms. The number of amides is 1. The number of hydrogen-bond acceptors (Lipinski definition) is 6. The Kier molecular flexibility index (Phi) is 5.35.